The Labute approximate surface area is 147 Å². The van der Waals surface area contributed by atoms with Crippen molar-refractivity contribution in [2.75, 3.05) is 24.5 Å². The van der Waals surface area contributed by atoms with Crippen LogP contribution in [0.15, 0.2) is 12.1 Å². The highest BCUT2D eigenvalue weighted by Gasteiger charge is 2.31. The van der Waals surface area contributed by atoms with Crippen LogP contribution in [0.2, 0.25) is 10.4 Å². The highest BCUT2D eigenvalue weighted by Crippen LogP contribution is 2.28. The van der Waals surface area contributed by atoms with Crippen LogP contribution in [0.5, 0.6) is 0 Å². The summed E-state index contributed by atoms with van der Waals surface area (Å²) in [4.78, 5) is 27.0. The first kappa shape index (κ1) is 16.5. The van der Waals surface area contributed by atoms with Gasteiger partial charge in [0, 0.05) is 19.6 Å². The van der Waals surface area contributed by atoms with Crippen LogP contribution >= 0.6 is 23.2 Å². The van der Waals surface area contributed by atoms with Crippen LogP contribution in [0, 0.1) is 11.3 Å². The number of rotatable bonds is 2. The number of hydrogen-bond donors (Lipinski definition) is 1. The van der Waals surface area contributed by atoms with E-state index < -0.39 is 12.1 Å². The summed E-state index contributed by atoms with van der Waals surface area (Å²) in [5.41, 5.74) is 0.370. The molecule has 3 rings (SSSR count). The minimum absolute atomic E-state index is 0.0322. The summed E-state index contributed by atoms with van der Waals surface area (Å²) in [5.74, 6) is 0.558. The van der Waals surface area contributed by atoms with Crippen LogP contribution < -0.4 is 4.90 Å². The second-order valence-electron chi connectivity index (χ2n) is 5.26. The van der Waals surface area contributed by atoms with Crippen LogP contribution in [-0.2, 0) is 0 Å². The van der Waals surface area contributed by atoms with E-state index in [2.05, 4.69) is 15.0 Å². The van der Waals surface area contributed by atoms with E-state index in [-0.39, 0.29) is 18.2 Å². The van der Waals surface area contributed by atoms with Crippen molar-refractivity contribution >= 4 is 46.1 Å². The van der Waals surface area contributed by atoms with Crippen molar-refractivity contribution in [1.82, 2.24) is 19.9 Å². The molecule has 0 bridgehead atoms. The number of carboxylic acid groups (broad SMARTS) is 1. The fraction of sp³-hybridized carbons (Fsp3) is 0.357. The number of amides is 1. The monoisotopic (exact) mass is 366 g/mol. The Balaban J connectivity index is 1.99. The smallest absolute Gasteiger partial charge is 0.407 e. The molecule has 1 N–H and O–H groups in total. The largest absolute Gasteiger partial charge is 0.465 e. The molecule has 1 unspecified atom stereocenters. The summed E-state index contributed by atoms with van der Waals surface area (Å²) in [6.07, 6.45) is -0.933. The van der Waals surface area contributed by atoms with E-state index in [0.717, 1.165) is 0 Å². The maximum absolute atomic E-state index is 11.3. The number of halogens is 2. The third kappa shape index (κ3) is 3.13. The maximum atomic E-state index is 11.3. The van der Waals surface area contributed by atoms with Gasteiger partial charge in [-0.25, -0.2) is 9.78 Å². The van der Waals surface area contributed by atoms with Crippen LogP contribution in [0.25, 0.3) is 11.0 Å². The molecule has 8 nitrogen and oxygen atoms in total. The van der Waals surface area contributed by atoms with Gasteiger partial charge in [-0.1, -0.05) is 11.6 Å². The SMILES string of the molecule is N#CCC1CN(c2nc(Cl)nc3nc(Cl)ccc23)CCN1C(=O)O. The molecule has 0 spiro atoms. The maximum Gasteiger partial charge on any atom is 0.407 e. The first-order valence-electron chi connectivity index (χ1n) is 7.11. The molecule has 10 heteroatoms. The summed E-state index contributed by atoms with van der Waals surface area (Å²) >= 11 is 11.9. The molecule has 1 atom stereocenters. The normalized spacial score (nSPS) is 17.8. The van der Waals surface area contributed by atoms with Crippen molar-refractivity contribution in [3.8, 4) is 6.07 Å². The van der Waals surface area contributed by atoms with Crippen LogP contribution in [0.1, 0.15) is 6.42 Å². The van der Waals surface area contributed by atoms with Crippen molar-refractivity contribution < 1.29 is 9.90 Å². The summed E-state index contributed by atoms with van der Waals surface area (Å²) in [6, 6.07) is 4.97. The van der Waals surface area contributed by atoms with E-state index in [4.69, 9.17) is 28.5 Å². The lowest BCUT2D eigenvalue weighted by molar-refractivity contribution is 0.119. The van der Waals surface area contributed by atoms with Gasteiger partial charge in [-0.2, -0.15) is 15.2 Å². The van der Waals surface area contributed by atoms with E-state index >= 15 is 0 Å². The molecule has 2 aromatic heterocycles. The van der Waals surface area contributed by atoms with Crippen LogP contribution in [-0.4, -0.2) is 56.7 Å². The number of pyridine rings is 1. The zero-order chi connectivity index (χ0) is 17.3. The molecule has 1 amide bonds. The highest BCUT2D eigenvalue weighted by molar-refractivity contribution is 6.30. The molecule has 0 radical (unpaired) electrons. The fourth-order valence-corrected chi connectivity index (χ4v) is 3.07. The Hall–Kier alpha value is -2.37. The van der Waals surface area contributed by atoms with Crippen molar-refractivity contribution in [2.45, 2.75) is 12.5 Å². The Kier molecular flexibility index (Phi) is 4.55. The first-order valence-corrected chi connectivity index (χ1v) is 7.86. The van der Waals surface area contributed by atoms with E-state index in [0.29, 0.717) is 35.1 Å². The lowest BCUT2D eigenvalue weighted by Gasteiger charge is -2.39. The number of hydrogen-bond acceptors (Lipinski definition) is 6. The van der Waals surface area contributed by atoms with Gasteiger partial charge in [0.2, 0.25) is 5.28 Å². The predicted octanol–water partition coefficient (Wildman–Crippen LogP) is 2.41. The summed E-state index contributed by atoms with van der Waals surface area (Å²) in [5, 5.41) is 19.2. The van der Waals surface area contributed by atoms with Crippen LogP contribution in [0.3, 0.4) is 0 Å². The molecule has 24 heavy (non-hydrogen) atoms. The molecule has 1 aliphatic heterocycles. The zero-order valence-corrected chi connectivity index (χ0v) is 13.9. The van der Waals surface area contributed by atoms with E-state index in [1.807, 2.05) is 11.0 Å². The molecule has 1 saturated heterocycles. The number of carbonyl (C=O) groups is 1. The second kappa shape index (κ2) is 6.63. The van der Waals surface area contributed by atoms with Gasteiger partial charge < -0.3 is 14.9 Å². The molecular weight excluding hydrogens is 355 g/mol. The van der Waals surface area contributed by atoms with E-state index in [1.165, 1.54) is 4.90 Å². The quantitative estimate of drug-likeness (QED) is 0.642. The average Bonchev–Trinajstić information content (AvgIpc) is 2.53. The Morgan fingerprint density at radius 2 is 2.12 bits per heavy atom. The Bertz CT molecular complexity index is 835. The molecule has 0 aliphatic carbocycles. The minimum Gasteiger partial charge on any atom is -0.465 e. The van der Waals surface area contributed by atoms with Gasteiger partial charge >= 0.3 is 6.09 Å². The zero-order valence-electron chi connectivity index (χ0n) is 12.4. The number of piperazine rings is 1. The third-order valence-electron chi connectivity index (χ3n) is 3.83. The molecule has 1 aliphatic rings. The van der Waals surface area contributed by atoms with Gasteiger partial charge in [-0.15, -0.1) is 0 Å². The van der Waals surface area contributed by atoms with Crippen molar-refractivity contribution in [2.24, 2.45) is 0 Å². The number of nitrogens with zero attached hydrogens (tertiary/aromatic N) is 6. The molecule has 1 fully saturated rings. The summed E-state index contributed by atoms with van der Waals surface area (Å²) in [7, 11) is 0. The molecule has 2 aromatic rings. The molecular formula is C14H12Cl2N6O2. The Morgan fingerprint density at radius 1 is 1.33 bits per heavy atom. The second-order valence-corrected chi connectivity index (χ2v) is 5.98. The highest BCUT2D eigenvalue weighted by atomic mass is 35.5. The average molecular weight is 367 g/mol. The molecule has 0 saturated carbocycles. The van der Waals surface area contributed by atoms with Gasteiger partial charge in [0.1, 0.15) is 11.0 Å². The molecule has 3 heterocycles. The lowest BCUT2D eigenvalue weighted by Crippen LogP contribution is -2.55. The van der Waals surface area contributed by atoms with Crippen molar-refractivity contribution in [3.05, 3.63) is 22.6 Å². The summed E-state index contributed by atoms with van der Waals surface area (Å²) < 4.78 is 0. The number of nitriles is 1. The van der Waals surface area contributed by atoms with Crippen LogP contribution in [0.4, 0.5) is 10.6 Å². The van der Waals surface area contributed by atoms with E-state index in [1.54, 1.807) is 12.1 Å². The van der Waals surface area contributed by atoms with Crippen molar-refractivity contribution in [3.63, 3.8) is 0 Å². The first-order chi connectivity index (χ1) is 11.5. The summed E-state index contributed by atoms with van der Waals surface area (Å²) in [6.45, 7) is 1.04. The van der Waals surface area contributed by atoms with Gasteiger partial charge in [0.25, 0.3) is 0 Å². The van der Waals surface area contributed by atoms with E-state index in [9.17, 15) is 9.90 Å². The lowest BCUT2D eigenvalue weighted by atomic mass is 10.1. The number of aromatic nitrogens is 3. The molecule has 0 aromatic carbocycles. The third-order valence-corrected chi connectivity index (χ3v) is 4.21. The minimum atomic E-state index is -1.03. The number of fused-ring (bicyclic) bond motifs is 1. The number of anilines is 1. The Morgan fingerprint density at radius 3 is 2.83 bits per heavy atom. The fourth-order valence-electron chi connectivity index (χ4n) is 2.77. The van der Waals surface area contributed by atoms with Crippen molar-refractivity contribution in [1.29, 1.82) is 5.26 Å². The van der Waals surface area contributed by atoms with Gasteiger partial charge in [-0.3, -0.25) is 0 Å². The predicted molar refractivity (Wildman–Crippen MR) is 88.3 cm³/mol. The molecule has 124 valence electrons. The standard InChI is InChI=1S/C14H12Cl2N6O2/c15-10-2-1-9-11(18-10)19-13(16)20-12(9)21-5-6-22(14(23)24)8(7-21)3-4-17/h1-2,8H,3,5-7H2,(H,23,24). The van der Waals surface area contributed by atoms with Gasteiger partial charge in [0.05, 0.1) is 23.9 Å². The topological polar surface area (TPSA) is 106 Å². The van der Waals surface area contributed by atoms with Gasteiger partial charge in [0.15, 0.2) is 5.65 Å². The van der Waals surface area contributed by atoms with Gasteiger partial charge in [-0.05, 0) is 23.7 Å².